The number of nitrogen functional groups attached to an aromatic ring is 1. The van der Waals surface area contributed by atoms with Gasteiger partial charge in [-0.2, -0.15) is 0 Å². The fourth-order valence-electron chi connectivity index (χ4n) is 1.32. The molecule has 17 heavy (non-hydrogen) atoms. The molecule has 0 heterocycles. The summed E-state index contributed by atoms with van der Waals surface area (Å²) < 4.78 is 38.3. The maximum atomic E-state index is 13.0. The van der Waals surface area contributed by atoms with Gasteiger partial charge in [0.15, 0.2) is 0 Å². The number of nitrogens with two attached hydrogens (primary N) is 1. The van der Waals surface area contributed by atoms with Gasteiger partial charge in [-0.05, 0) is 24.6 Å². The summed E-state index contributed by atoms with van der Waals surface area (Å²) in [6.45, 7) is 1.73. The van der Waals surface area contributed by atoms with Crippen LogP contribution in [0.25, 0.3) is 0 Å². The van der Waals surface area contributed by atoms with E-state index in [1.54, 1.807) is 6.92 Å². The number of nitrogens with one attached hydrogen (secondary N) is 2. The van der Waals surface area contributed by atoms with Gasteiger partial charge in [-0.1, -0.05) is 6.92 Å². The maximum absolute atomic E-state index is 13.0. The Labute approximate surface area is 99.4 Å². The summed E-state index contributed by atoms with van der Waals surface area (Å²) >= 11 is 0. The highest BCUT2D eigenvalue weighted by Gasteiger charge is 2.13. The third-order valence-electron chi connectivity index (χ3n) is 2.01. The Morgan fingerprint density at radius 2 is 2.18 bits per heavy atom. The average Bonchev–Trinajstić information content (AvgIpc) is 2.20. The highest BCUT2D eigenvalue weighted by Crippen LogP contribution is 2.18. The molecule has 0 spiro atoms. The summed E-state index contributed by atoms with van der Waals surface area (Å²) in [7, 11) is -3.48. The standard InChI is InChI=1S/C10H14FN3O2S/c1-2-5-17(15,16)14-9-4-3-7(11)6-8(9)10(12)13/h3-4,6,14H,2,5H2,1H3,(H3,12,13). The highest BCUT2D eigenvalue weighted by atomic mass is 32.2. The number of hydrogen-bond donors (Lipinski definition) is 3. The van der Waals surface area contributed by atoms with Gasteiger partial charge in [-0.15, -0.1) is 0 Å². The van der Waals surface area contributed by atoms with Crippen LogP contribution >= 0.6 is 0 Å². The number of rotatable bonds is 5. The smallest absolute Gasteiger partial charge is 0.232 e. The Balaban J connectivity index is 3.11. The second-order valence-electron chi connectivity index (χ2n) is 3.52. The second kappa shape index (κ2) is 5.13. The Morgan fingerprint density at radius 1 is 1.53 bits per heavy atom. The summed E-state index contributed by atoms with van der Waals surface area (Å²) in [5.41, 5.74) is 5.41. The first kappa shape index (κ1) is 13.4. The van der Waals surface area contributed by atoms with Crippen LogP contribution in [0, 0.1) is 11.2 Å². The van der Waals surface area contributed by atoms with Crippen molar-refractivity contribution in [2.24, 2.45) is 5.73 Å². The van der Waals surface area contributed by atoms with E-state index in [9.17, 15) is 12.8 Å². The largest absolute Gasteiger partial charge is 0.384 e. The predicted molar refractivity (Wildman–Crippen MR) is 65.1 cm³/mol. The van der Waals surface area contributed by atoms with Crippen molar-refractivity contribution in [3.63, 3.8) is 0 Å². The molecule has 0 radical (unpaired) electrons. The summed E-state index contributed by atoms with van der Waals surface area (Å²) in [6, 6.07) is 3.38. The molecule has 4 N–H and O–H groups in total. The predicted octanol–water partition coefficient (Wildman–Crippen LogP) is 1.26. The Hall–Kier alpha value is -1.63. The lowest BCUT2D eigenvalue weighted by Gasteiger charge is -2.11. The van der Waals surface area contributed by atoms with Crippen molar-refractivity contribution in [1.82, 2.24) is 0 Å². The topological polar surface area (TPSA) is 96.0 Å². The number of anilines is 1. The molecule has 7 heteroatoms. The molecular weight excluding hydrogens is 245 g/mol. The molecule has 0 amide bonds. The van der Waals surface area contributed by atoms with Crippen LogP contribution in [0.2, 0.25) is 0 Å². The van der Waals surface area contributed by atoms with Crippen molar-refractivity contribution < 1.29 is 12.8 Å². The summed E-state index contributed by atoms with van der Waals surface area (Å²) in [6.07, 6.45) is 0.464. The summed E-state index contributed by atoms with van der Waals surface area (Å²) in [5.74, 6) is -1.01. The zero-order valence-corrected chi connectivity index (χ0v) is 10.1. The third kappa shape index (κ3) is 3.70. The average molecular weight is 259 g/mol. The van der Waals surface area contributed by atoms with Crippen molar-refractivity contribution >= 4 is 21.5 Å². The Morgan fingerprint density at radius 3 is 2.71 bits per heavy atom. The van der Waals surface area contributed by atoms with Crippen molar-refractivity contribution in [2.45, 2.75) is 13.3 Å². The monoisotopic (exact) mass is 259 g/mol. The zero-order chi connectivity index (χ0) is 13.1. The van der Waals surface area contributed by atoms with Crippen LogP contribution in [0.3, 0.4) is 0 Å². The highest BCUT2D eigenvalue weighted by molar-refractivity contribution is 7.92. The van der Waals surface area contributed by atoms with Crippen LogP contribution in [0.15, 0.2) is 18.2 Å². The summed E-state index contributed by atoms with van der Waals surface area (Å²) in [4.78, 5) is 0. The van der Waals surface area contributed by atoms with Gasteiger partial charge in [0.1, 0.15) is 11.7 Å². The Bertz CT molecular complexity index is 528. The normalized spacial score (nSPS) is 11.2. The SMILES string of the molecule is CCCS(=O)(=O)Nc1ccc(F)cc1C(=N)N. The van der Waals surface area contributed by atoms with Gasteiger partial charge in [-0.25, -0.2) is 12.8 Å². The van der Waals surface area contributed by atoms with Gasteiger partial charge in [0.25, 0.3) is 0 Å². The van der Waals surface area contributed by atoms with Gasteiger partial charge >= 0.3 is 0 Å². The van der Waals surface area contributed by atoms with E-state index in [0.29, 0.717) is 6.42 Å². The number of sulfonamides is 1. The lowest BCUT2D eigenvalue weighted by molar-refractivity contribution is 0.599. The van der Waals surface area contributed by atoms with Crippen LogP contribution < -0.4 is 10.5 Å². The minimum Gasteiger partial charge on any atom is -0.384 e. The molecule has 5 nitrogen and oxygen atoms in total. The molecule has 1 aromatic rings. The lowest BCUT2D eigenvalue weighted by Crippen LogP contribution is -2.20. The van der Waals surface area contributed by atoms with Gasteiger partial charge < -0.3 is 5.73 Å². The molecule has 0 saturated carbocycles. The molecule has 0 fully saturated rings. The number of benzene rings is 1. The second-order valence-corrected chi connectivity index (χ2v) is 5.37. The minimum atomic E-state index is -3.48. The molecule has 0 aliphatic rings. The zero-order valence-electron chi connectivity index (χ0n) is 9.33. The number of hydrogen-bond acceptors (Lipinski definition) is 3. The van der Waals surface area contributed by atoms with E-state index >= 15 is 0 Å². The fraction of sp³-hybridized carbons (Fsp3) is 0.300. The van der Waals surface area contributed by atoms with Crippen LogP contribution in [-0.4, -0.2) is 20.0 Å². The first-order valence-corrected chi connectivity index (χ1v) is 6.65. The lowest BCUT2D eigenvalue weighted by atomic mass is 10.1. The molecule has 1 rings (SSSR count). The molecule has 0 aliphatic carbocycles. The third-order valence-corrected chi connectivity index (χ3v) is 3.49. The van der Waals surface area contributed by atoms with E-state index in [1.165, 1.54) is 6.07 Å². The van der Waals surface area contributed by atoms with E-state index < -0.39 is 21.7 Å². The van der Waals surface area contributed by atoms with Gasteiger partial charge in [0.05, 0.1) is 11.4 Å². The van der Waals surface area contributed by atoms with Crippen LogP contribution in [-0.2, 0) is 10.0 Å². The quantitative estimate of drug-likeness (QED) is 0.548. The van der Waals surface area contributed by atoms with Crippen molar-refractivity contribution in [3.8, 4) is 0 Å². The van der Waals surface area contributed by atoms with Crippen molar-refractivity contribution in [2.75, 3.05) is 10.5 Å². The number of halogens is 1. The fourth-order valence-corrected chi connectivity index (χ4v) is 2.47. The van der Waals surface area contributed by atoms with Crippen molar-refractivity contribution in [3.05, 3.63) is 29.6 Å². The molecule has 0 saturated heterocycles. The molecule has 0 unspecified atom stereocenters. The first-order chi connectivity index (χ1) is 7.85. The summed E-state index contributed by atoms with van der Waals surface area (Å²) in [5, 5.41) is 7.26. The van der Waals surface area contributed by atoms with Crippen LogP contribution in [0.1, 0.15) is 18.9 Å². The first-order valence-electron chi connectivity index (χ1n) is 5.00. The Kier molecular flexibility index (Phi) is 4.06. The van der Waals surface area contributed by atoms with E-state index in [0.717, 1.165) is 12.1 Å². The molecular formula is C10H14FN3O2S. The van der Waals surface area contributed by atoms with E-state index in [1.807, 2.05) is 0 Å². The molecule has 0 bridgehead atoms. The van der Waals surface area contributed by atoms with Gasteiger partial charge in [0.2, 0.25) is 10.0 Å². The molecule has 0 aromatic heterocycles. The van der Waals surface area contributed by atoms with Gasteiger partial charge in [0, 0.05) is 5.56 Å². The molecule has 94 valence electrons. The molecule has 1 aromatic carbocycles. The van der Waals surface area contributed by atoms with Crippen LogP contribution in [0.5, 0.6) is 0 Å². The van der Waals surface area contributed by atoms with E-state index in [4.69, 9.17) is 11.1 Å². The number of amidine groups is 1. The maximum Gasteiger partial charge on any atom is 0.232 e. The van der Waals surface area contributed by atoms with E-state index in [2.05, 4.69) is 4.72 Å². The minimum absolute atomic E-state index is 0.0321. The van der Waals surface area contributed by atoms with E-state index in [-0.39, 0.29) is 17.0 Å². The van der Waals surface area contributed by atoms with Crippen molar-refractivity contribution in [1.29, 1.82) is 5.41 Å². The van der Waals surface area contributed by atoms with Gasteiger partial charge in [-0.3, -0.25) is 10.1 Å². The molecule has 0 aliphatic heterocycles. The van der Waals surface area contributed by atoms with Crippen LogP contribution in [0.4, 0.5) is 10.1 Å². The molecule has 0 atom stereocenters.